The number of aryl methyl sites for hydroxylation is 1. The van der Waals surface area contributed by atoms with Gasteiger partial charge in [-0.1, -0.05) is 6.07 Å². The van der Waals surface area contributed by atoms with Gasteiger partial charge in [0.2, 0.25) is 0 Å². The van der Waals surface area contributed by atoms with E-state index in [1.54, 1.807) is 7.11 Å². The highest BCUT2D eigenvalue weighted by atomic mass is 16.5. The third-order valence-electron chi connectivity index (χ3n) is 2.01. The smallest absolute Gasteiger partial charge is 0.161 e. The molecule has 3 nitrogen and oxygen atoms in total. The summed E-state index contributed by atoms with van der Waals surface area (Å²) in [6, 6.07) is 7.87. The Hall–Kier alpha value is -1.69. The van der Waals surface area contributed by atoms with Gasteiger partial charge in [0.15, 0.2) is 11.5 Å². The first-order valence-corrected chi connectivity index (χ1v) is 4.92. The summed E-state index contributed by atoms with van der Waals surface area (Å²) in [5, 5.41) is 8.37. The second-order valence-corrected chi connectivity index (χ2v) is 3.26. The molecule has 80 valence electrons. The average molecular weight is 205 g/mol. The number of hydrogen-bond donors (Lipinski definition) is 0. The molecule has 1 aromatic rings. The van der Waals surface area contributed by atoms with Crippen LogP contribution in [0.1, 0.15) is 18.4 Å². The fourth-order valence-corrected chi connectivity index (χ4v) is 1.23. The molecule has 0 amide bonds. The monoisotopic (exact) mass is 205 g/mol. The van der Waals surface area contributed by atoms with Crippen molar-refractivity contribution in [2.45, 2.75) is 19.8 Å². The molecule has 0 heterocycles. The summed E-state index contributed by atoms with van der Waals surface area (Å²) >= 11 is 0. The molecule has 0 bridgehead atoms. The number of methoxy groups -OCH3 is 1. The molecule has 0 aliphatic carbocycles. The molecule has 0 radical (unpaired) electrons. The third-order valence-corrected chi connectivity index (χ3v) is 2.01. The zero-order valence-corrected chi connectivity index (χ0v) is 9.12. The highest BCUT2D eigenvalue weighted by Crippen LogP contribution is 2.27. The fourth-order valence-electron chi connectivity index (χ4n) is 1.23. The predicted molar refractivity (Wildman–Crippen MR) is 58.1 cm³/mol. The largest absolute Gasteiger partial charge is 0.493 e. The van der Waals surface area contributed by atoms with Gasteiger partial charge in [0.05, 0.1) is 19.8 Å². The van der Waals surface area contributed by atoms with Gasteiger partial charge in [-0.15, -0.1) is 0 Å². The van der Waals surface area contributed by atoms with Crippen molar-refractivity contribution in [2.24, 2.45) is 0 Å². The third kappa shape index (κ3) is 3.51. The van der Waals surface area contributed by atoms with Crippen LogP contribution in [0.2, 0.25) is 0 Å². The van der Waals surface area contributed by atoms with Gasteiger partial charge in [0.25, 0.3) is 0 Å². The molecule has 0 N–H and O–H groups in total. The lowest BCUT2D eigenvalue weighted by molar-refractivity contribution is 0.290. The second kappa shape index (κ2) is 5.92. The van der Waals surface area contributed by atoms with E-state index in [0.717, 1.165) is 23.5 Å². The molecule has 0 unspecified atom stereocenters. The first kappa shape index (κ1) is 11.4. The van der Waals surface area contributed by atoms with Crippen molar-refractivity contribution < 1.29 is 9.47 Å². The molecule has 0 aliphatic rings. The first-order chi connectivity index (χ1) is 7.27. The van der Waals surface area contributed by atoms with Crippen molar-refractivity contribution in [1.29, 1.82) is 5.26 Å². The average Bonchev–Trinajstić information content (AvgIpc) is 2.26. The van der Waals surface area contributed by atoms with E-state index in [2.05, 4.69) is 6.07 Å². The zero-order valence-electron chi connectivity index (χ0n) is 9.12. The van der Waals surface area contributed by atoms with Crippen LogP contribution in [0, 0.1) is 18.3 Å². The molecule has 0 spiro atoms. The van der Waals surface area contributed by atoms with Crippen LogP contribution in [0.3, 0.4) is 0 Å². The van der Waals surface area contributed by atoms with Gasteiger partial charge in [-0.25, -0.2) is 0 Å². The fraction of sp³-hybridized carbons (Fsp3) is 0.417. The van der Waals surface area contributed by atoms with Crippen molar-refractivity contribution in [3.05, 3.63) is 23.8 Å². The van der Waals surface area contributed by atoms with Gasteiger partial charge in [-0.05, 0) is 31.0 Å². The second-order valence-electron chi connectivity index (χ2n) is 3.26. The molecule has 0 aromatic heterocycles. The molecule has 0 saturated heterocycles. The lowest BCUT2D eigenvalue weighted by Crippen LogP contribution is -1.99. The SMILES string of the molecule is COc1cc(C)ccc1OCCCC#N. The lowest BCUT2D eigenvalue weighted by atomic mass is 10.2. The summed E-state index contributed by atoms with van der Waals surface area (Å²) in [5.41, 5.74) is 1.14. The minimum absolute atomic E-state index is 0.522. The van der Waals surface area contributed by atoms with Crippen LogP contribution in [0.4, 0.5) is 0 Å². The molecular weight excluding hydrogens is 190 g/mol. The summed E-state index contributed by atoms with van der Waals surface area (Å²) < 4.78 is 10.7. The van der Waals surface area contributed by atoms with Gasteiger partial charge in [0.1, 0.15) is 0 Å². The minimum atomic E-state index is 0.522. The van der Waals surface area contributed by atoms with Gasteiger partial charge < -0.3 is 9.47 Å². The van der Waals surface area contributed by atoms with Crippen LogP contribution in [0.5, 0.6) is 11.5 Å². The van der Waals surface area contributed by atoms with Crippen LogP contribution in [-0.2, 0) is 0 Å². The highest BCUT2D eigenvalue weighted by Gasteiger charge is 2.03. The molecule has 0 fully saturated rings. The molecule has 1 rings (SSSR count). The topological polar surface area (TPSA) is 42.2 Å². The Kier molecular flexibility index (Phi) is 4.49. The van der Waals surface area contributed by atoms with Crippen molar-refractivity contribution in [3.63, 3.8) is 0 Å². The van der Waals surface area contributed by atoms with Crippen LogP contribution in [0.15, 0.2) is 18.2 Å². The lowest BCUT2D eigenvalue weighted by Gasteiger charge is -2.10. The van der Waals surface area contributed by atoms with Crippen molar-refractivity contribution >= 4 is 0 Å². The van der Waals surface area contributed by atoms with Crippen LogP contribution >= 0.6 is 0 Å². The number of hydrogen-bond acceptors (Lipinski definition) is 3. The molecular formula is C12H15NO2. The van der Waals surface area contributed by atoms with Gasteiger partial charge >= 0.3 is 0 Å². The summed E-state index contributed by atoms with van der Waals surface area (Å²) in [6.07, 6.45) is 1.27. The highest BCUT2D eigenvalue weighted by molar-refractivity contribution is 5.42. The molecule has 0 aliphatic heterocycles. The van der Waals surface area contributed by atoms with E-state index < -0.39 is 0 Å². The Morgan fingerprint density at radius 1 is 1.33 bits per heavy atom. The number of rotatable bonds is 5. The van der Waals surface area contributed by atoms with Crippen LogP contribution in [0.25, 0.3) is 0 Å². The maximum absolute atomic E-state index is 8.37. The van der Waals surface area contributed by atoms with E-state index in [4.69, 9.17) is 14.7 Å². The van der Waals surface area contributed by atoms with E-state index in [9.17, 15) is 0 Å². The van der Waals surface area contributed by atoms with E-state index >= 15 is 0 Å². The van der Waals surface area contributed by atoms with E-state index in [0.29, 0.717) is 13.0 Å². The standard InChI is InChI=1S/C12H15NO2/c1-10-5-6-11(12(9-10)14-2)15-8-4-3-7-13/h5-6,9H,3-4,8H2,1-2H3. The van der Waals surface area contributed by atoms with Gasteiger partial charge in [-0.2, -0.15) is 5.26 Å². The van der Waals surface area contributed by atoms with Gasteiger partial charge in [0, 0.05) is 6.42 Å². The van der Waals surface area contributed by atoms with E-state index in [1.807, 2.05) is 25.1 Å². The van der Waals surface area contributed by atoms with Crippen molar-refractivity contribution in [2.75, 3.05) is 13.7 Å². The number of nitrogens with zero attached hydrogens (tertiary/aromatic N) is 1. The predicted octanol–water partition coefficient (Wildman–Crippen LogP) is 2.69. The number of benzene rings is 1. The molecule has 3 heteroatoms. The Labute approximate surface area is 90.2 Å². The Balaban J connectivity index is 2.57. The minimum Gasteiger partial charge on any atom is -0.493 e. The summed E-state index contributed by atoms with van der Waals surface area (Å²) in [5.74, 6) is 1.48. The molecule has 1 aromatic carbocycles. The first-order valence-electron chi connectivity index (χ1n) is 4.92. The quantitative estimate of drug-likeness (QED) is 0.694. The maximum Gasteiger partial charge on any atom is 0.161 e. The summed E-state index contributed by atoms with van der Waals surface area (Å²) in [4.78, 5) is 0. The molecule has 0 atom stereocenters. The Bertz CT molecular complexity index is 355. The Morgan fingerprint density at radius 3 is 2.80 bits per heavy atom. The number of unbranched alkanes of at least 4 members (excludes halogenated alkanes) is 1. The Morgan fingerprint density at radius 2 is 2.13 bits per heavy atom. The normalized spacial score (nSPS) is 9.40. The van der Waals surface area contributed by atoms with Crippen LogP contribution in [-0.4, -0.2) is 13.7 Å². The number of nitriles is 1. The summed E-state index contributed by atoms with van der Waals surface area (Å²) in [7, 11) is 1.62. The number of ether oxygens (including phenoxy) is 2. The molecule has 0 saturated carbocycles. The van der Waals surface area contributed by atoms with Crippen LogP contribution < -0.4 is 9.47 Å². The zero-order chi connectivity index (χ0) is 11.1. The van der Waals surface area contributed by atoms with Crippen molar-refractivity contribution in [3.8, 4) is 17.6 Å². The van der Waals surface area contributed by atoms with Gasteiger partial charge in [-0.3, -0.25) is 0 Å². The van der Waals surface area contributed by atoms with E-state index in [-0.39, 0.29) is 0 Å². The van der Waals surface area contributed by atoms with Crippen molar-refractivity contribution in [1.82, 2.24) is 0 Å². The van der Waals surface area contributed by atoms with E-state index in [1.165, 1.54) is 0 Å². The molecule has 15 heavy (non-hydrogen) atoms. The summed E-state index contributed by atoms with van der Waals surface area (Å²) in [6.45, 7) is 2.55. The maximum atomic E-state index is 8.37.